The summed E-state index contributed by atoms with van der Waals surface area (Å²) >= 11 is 6.10. The molecule has 0 amide bonds. The van der Waals surface area contributed by atoms with Crippen LogP contribution >= 0.6 is 11.6 Å². The van der Waals surface area contributed by atoms with E-state index in [1.165, 1.54) is 18.4 Å². The van der Waals surface area contributed by atoms with Crippen LogP contribution in [-0.4, -0.2) is 32.8 Å². The molecule has 1 aliphatic rings. The minimum atomic E-state index is 0.618. The first-order chi connectivity index (χ1) is 8.79. The van der Waals surface area contributed by atoms with Crippen LogP contribution < -0.4 is 15.4 Å². The average Bonchev–Trinajstić information content (AvgIpc) is 2.40. The summed E-state index contributed by atoms with van der Waals surface area (Å²) in [6, 6.07) is 6.61. The minimum Gasteiger partial charge on any atom is -0.495 e. The van der Waals surface area contributed by atoms with Crippen LogP contribution in [0.5, 0.6) is 5.75 Å². The van der Waals surface area contributed by atoms with Gasteiger partial charge in [-0.05, 0) is 50.0 Å². The van der Waals surface area contributed by atoms with Gasteiger partial charge in [0.25, 0.3) is 0 Å². The predicted molar refractivity (Wildman–Crippen MR) is 75.6 cm³/mol. The summed E-state index contributed by atoms with van der Waals surface area (Å²) in [7, 11) is 1.64. The normalized spacial score (nSPS) is 19.8. The van der Waals surface area contributed by atoms with Crippen molar-refractivity contribution in [3.8, 4) is 5.75 Å². The summed E-state index contributed by atoms with van der Waals surface area (Å²) in [6.07, 6.45) is 3.54. The van der Waals surface area contributed by atoms with E-state index in [9.17, 15) is 0 Å². The fourth-order valence-electron chi connectivity index (χ4n) is 2.31. The molecule has 1 aromatic rings. The highest BCUT2D eigenvalue weighted by molar-refractivity contribution is 6.32. The van der Waals surface area contributed by atoms with Gasteiger partial charge in [0, 0.05) is 12.6 Å². The molecule has 0 bridgehead atoms. The van der Waals surface area contributed by atoms with Crippen molar-refractivity contribution < 1.29 is 4.74 Å². The van der Waals surface area contributed by atoms with E-state index < -0.39 is 0 Å². The van der Waals surface area contributed by atoms with Crippen molar-refractivity contribution in [1.29, 1.82) is 0 Å². The van der Waals surface area contributed by atoms with Crippen molar-refractivity contribution in [2.75, 3.05) is 26.7 Å². The molecule has 0 aliphatic carbocycles. The van der Waals surface area contributed by atoms with Crippen molar-refractivity contribution in [1.82, 2.24) is 10.6 Å². The molecule has 0 spiro atoms. The van der Waals surface area contributed by atoms with Gasteiger partial charge in [-0.2, -0.15) is 0 Å². The molecule has 0 radical (unpaired) electrons. The Morgan fingerprint density at radius 3 is 3.06 bits per heavy atom. The maximum Gasteiger partial charge on any atom is 0.137 e. The number of ether oxygens (including phenoxy) is 1. The standard InChI is InChI=1S/C14H21ClN2O/c1-18-14-5-4-11(9-13(14)15)6-8-17-12-3-2-7-16-10-12/h4-5,9,12,16-17H,2-3,6-8,10H2,1H3. The Morgan fingerprint density at radius 2 is 2.39 bits per heavy atom. The van der Waals surface area contributed by atoms with Gasteiger partial charge in [0.15, 0.2) is 0 Å². The third kappa shape index (κ3) is 3.87. The van der Waals surface area contributed by atoms with E-state index in [-0.39, 0.29) is 0 Å². The smallest absolute Gasteiger partial charge is 0.137 e. The van der Waals surface area contributed by atoms with Gasteiger partial charge < -0.3 is 15.4 Å². The Balaban J connectivity index is 1.77. The first-order valence-corrected chi connectivity index (χ1v) is 6.94. The quantitative estimate of drug-likeness (QED) is 0.859. The molecule has 4 heteroatoms. The number of piperidine rings is 1. The molecule has 1 aliphatic heterocycles. The SMILES string of the molecule is COc1ccc(CCNC2CCCNC2)cc1Cl. The molecular formula is C14H21ClN2O. The Labute approximate surface area is 114 Å². The topological polar surface area (TPSA) is 33.3 Å². The first-order valence-electron chi connectivity index (χ1n) is 6.56. The van der Waals surface area contributed by atoms with Crippen LogP contribution in [0.1, 0.15) is 18.4 Å². The molecule has 1 aromatic carbocycles. The summed E-state index contributed by atoms with van der Waals surface area (Å²) in [5.74, 6) is 0.741. The summed E-state index contributed by atoms with van der Waals surface area (Å²) < 4.78 is 5.14. The minimum absolute atomic E-state index is 0.618. The molecule has 18 heavy (non-hydrogen) atoms. The lowest BCUT2D eigenvalue weighted by atomic mass is 10.1. The number of benzene rings is 1. The third-order valence-corrected chi connectivity index (χ3v) is 3.66. The van der Waals surface area contributed by atoms with Crippen molar-refractivity contribution in [3.05, 3.63) is 28.8 Å². The van der Waals surface area contributed by atoms with Crippen molar-refractivity contribution in [2.45, 2.75) is 25.3 Å². The lowest BCUT2D eigenvalue weighted by Crippen LogP contribution is -2.43. The summed E-state index contributed by atoms with van der Waals surface area (Å²) in [5.41, 5.74) is 1.25. The fourth-order valence-corrected chi connectivity index (χ4v) is 2.59. The van der Waals surface area contributed by atoms with Gasteiger partial charge >= 0.3 is 0 Å². The summed E-state index contributed by atoms with van der Waals surface area (Å²) in [4.78, 5) is 0. The summed E-state index contributed by atoms with van der Waals surface area (Å²) in [6.45, 7) is 3.24. The van der Waals surface area contributed by atoms with Crippen LogP contribution in [0.15, 0.2) is 18.2 Å². The van der Waals surface area contributed by atoms with Gasteiger partial charge in [0.1, 0.15) is 5.75 Å². The van der Waals surface area contributed by atoms with Gasteiger partial charge in [-0.25, -0.2) is 0 Å². The van der Waals surface area contributed by atoms with E-state index in [2.05, 4.69) is 16.7 Å². The molecule has 1 unspecified atom stereocenters. The zero-order chi connectivity index (χ0) is 12.8. The average molecular weight is 269 g/mol. The Kier molecular flexibility index (Phi) is 5.29. The fraction of sp³-hybridized carbons (Fsp3) is 0.571. The van der Waals surface area contributed by atoms with E-state index in [0.29, 0.717) is 11.1 Å². The number of methoxy groups -OCH3 is 1. The van der Waals surface area contributed by atoms with E-state index in [1.807, 2.05) is 12.1 Å². The molecular weight excluding hydrogens is 248 g/mol. The Bertz CT molecular complexity index is 378. The highest BCUT2D eigenvalue weighted by Crippen LogP contribution is 2.24. The second kappa shape index (κ2) is 6.98. The maximum absolute atomic E-state index is 6.10. The van der Waals surface area contributed by atoms with Crippen molar-refractivity contribution >= 4 is 11.6 Å². The van der Waals surface area contributed by atoms with Gasteiger partial charge in [-0.3, -0.25) is 0 Å². The summed E-state index contributed by atoms with van der Waals surface area (Å²) in [5, 5.41) is 7.68. The maximum atomic E-state index is 6.10. The van der Waals surface area contributed by atoms with Crippen LogP contribution in [-0.2, 0) is 6.42 Å². The largest absolute Gasteiger partial charge is 0.495 e. The second-order valence-electron chi connectivity index (χ2n) is 4.72. The predicted octanol–water partition coefficient (Wildman–Crippen LogP) is 2.23. The molecule has 0 saturated carbocycles. The zero-order valence-electron chi connectivity index (χ0n) is 10.8. The molecule has 1 atom stereocenters. The van der Waals surface area contributed by atoms with Gasteiger partial charge in [0.05, 0.1) is 12.1 Å². The first kappa shape index (κ1) is 13.7. The molecule has 0 aromatic heterocycles. The van der Waals surface area contributed by atoms with Gasteiger partial charge in [0.2, 0.25) is 0 Å². The van der Waals surface area contributed by atoms with Crippen LogP contribution in [0.3, 0.4) is 0 Å². The highest BCUT2D eigenvalue weighted by atomic mass is 35.5. The third-order valence-electron chi connectivity index (χ3n) is 3.36. The molecule has 1 heterocycles. The molecule has 3 nitrogen and oxygen atoms in total. The number of hydrogen-bond donors (Lipinski definition) is 2. The van der Waals surface area contributed by atoms with E-state index >= 15 is 0 Å². The van der Waals surface area contributed by atoms with Crippen LogP contribution in [0.25, 0.3) is 0 Å². The molecule has 100 valence electrons. The number of nitrogens with one attached hydrogen (secondary N) is 2. The number of halogens is 1. The number of hydrogen-bond acceptors (Lipinski definition) is 3. The van der Waals surface area contributed by atoms with E-state index in [4.69, 9.17) is 16.3 Å². The van der Waals surface area contributed by atoms with Crippen LogP contribution in [0.2, 0.25) is 5.02 Å². The van der Waals surface area contributed by atoms with Crippen molar-refractivity contribution in [3.63, 3.8) is 0 Å². The number of rotatable bonds is 5. The van der Waals surface area contributed by atoms with Crippen LogP contribution in [0.4, 0.5) is 0 Å². The van der Waals surface area contributed by atoms with E-state index in [1.54, 1.807) is 7.11 Å². The second-order valence-corrected chi connectivity index (χ2v) is 5.12. The zero-order valence-corrected chi connectivity index (χ0v) is 11.6. The molecule has 2 rings (SSSR count). The highest BCUT2D eigenvalue weighted by Gasteiger charge is 2.11. The monoisotopic (exact) mass is 268 g/mol. The molecule has 2 N–H and O–H groups in total. The lowest BCUT2D eigenvalue weighted by molar-refractivity contribution is 0.392. The van der Waals surface area contributed by atoms with E-state index in [0.717, 1.165) is 31.8 Å². The molecule has 1 fully saturated rings. The van der Waals surface area contributed by atoms with Crippen LogP contribution in [0, 0.1) is 0 Å². The van der Waals surface area contributed by atoms with Crippen molar-refractivity contribution in [2.24, 2.45) is 0 Å². The van der Waals surface area contributed by atoms with Gasteiger partial charge in [-0.1, -0.05) is 17.7 Å². The van der Waals surface area contributed by atoms with Gasteiger partial charge in [-0.15, -0.1) is 0 Å². The lowest BCUT2D eigenvalue weighted by Gasteiger charge is -2.23. The molecule has 1 saturated heterocycles. The Morgan fingerprint density at radius 1 is 1.50 bits per heavy atom. The Hall–Kier alpha value is -0.770.